The lowest BCUT2D eigenvalue weighted by Crippen LogP contribution is -2.28. The molecule has 4 nitrogen and oxygen atoms in total. The first kappa shape index (κ1) is 21.5. The van der Waals surface area contributed by atoms with E-state index in [1.807, 2.05) is 66.7 Å². The van der Waals surface area contributed by atoms with Gasteiger partial charge in [0, 0.05) is 36.5 Å². The van der Waals surface area contributed by atoms with Gasteiger partial charge in [0.15, 0.2) is 0 Å². The fourth-order valence-corrected chi connectivity index (χ4v) is 4.05. The molecule has 0 saturated heterocycles. The lowest BCUT2D eigenvalue weighted by atomic mass is 10.2. The Balaban J connectivity index is 1.50. The second kappa shape index (κ2) is 11.1. The van der Waals surface area contributed by atoms with E-state index < -0.39 is 0 Å². The second-order valence-electron chi connectivity index (χ2n) is 6.96. The molecule has 0 aliphatic carbocycles. The Kier molecular flexibility index (Phi) is 7.94. The molecule has 3 aromatic rings. The Morgan fingerprint density at radius 2 is 1.70 bits per heavy atom. The molecule has 0 bridgehead atoms. The molecule has 0 radical (unpaired) electrons. The number of carbonyl (C=O) groups is 1. The van der Waals surface area contributed by atoms with E-state index in [-0.39, 0.29) is 5.91 Å². The van der Waals surface area contributed by atoms with Crippen LogP contribution in [0, 0.1) is 11.3 Å². The van der Waals surface area contributed by atoms with Gasteiger partial charge in [0.05, 0.1) is 17.2 Å². The average molecular weight is 416 g/mol. The number of anilines is 1. The van der Waals surface area contributed by atoms with E-state index >= 15 is 0 Å². The fourth-order valence-electron chi connectivity index (χ4n) is 3.04. The van der Waals surface area contributed by atoms with E-state index in [0.29, 0.717) is 17.7 Å². The van der Waals surface area contributed by atoms with Crippen molar-refractivity contribution in [2.24, 2.45) is 0 Å². The Morgan fingerprint density at radius 3 is 2.43 bits per heavy atom. The number of nitrogens with one attached hydrogen (secondary N) is 1. The molecule has 3 rings (SSSR count). The molecule has 0 fully saturated rings. The molecule has 0 heterocycles. The van der Waals surface area contributed by atoms with Gasteiger partial charge in [-0.15, -0.1) is 11.8 Å². The molecule has 0 aliphatic heterocycles. The summed E-state index contributed by atoms with van der Waals surface area (Å²) in [5.41, 5.74) is 3.65. The molecular formula is C25H25N3OS. The van der Waals surface area contributed by atoms with Crippen LogP contribution in [0.4, 0.5) is 5.69 Å². The van der Waals surface area contributed by atoms with Crippen LogP contribution >= 0.6 is 11.8 Å². The number of carbonyl (C=O) groups excluding carboxylic acids is 1. The Hall–Kier alpha value is -3.23. The predicted molar refractivity (Wildman–Crippen MR) is 124 cm³/mol. The van der Waals surface area contributed by atoms with Crippen molar-refractivity contribution >= 4 is 23.4 Å². The summed E-state index contributed by atoms with van der Waals surface area (Å²) in [6.07, 6.45) is 0.873. The van der Waals surface area contributed by atoms with Crippen LogP contribution in [0.5, 0.6) is 0 Å². The fraction of sp³-hybridized carbons (Fsp3) is 0.200. The van der Waals surface area contributed by atoms with Gasteiger partial charge in [-0.1, -0.05) is 42.5 Å². The van der Waals surface area contributed by atoms with Crippen LogP contribution in [0.25, 0.3) is 0 Å². The lowest BCUT2D eigenvalue weighted by Gasteiger charge is -2.19. The number of benzene rings is 3. The van der Waals surface area contributed by atoms with E-state index in [4.69, 9.17) is 5.26 Å². The number of hydrogen-bond acceptors (Lipinski definition) is 4. The van der Waals surface area contributed by atoms with Crippen LogP contribution in [-0.4, -0.2) is 26.0 Å². The summed E-state index contributed by atoms with van der Waals surface area (Å²) in [6, 6.07) is 27.6. The molecule has 0 atom stereocenters. The van der Waals surface area contributed by atoms with Gasteiger partial charge in [-0.25, -0.2) is 0 Å². The molecule has 0 spiro atoms. The Morgan fingerprint density at radius 1 is 1.00 bits per heavy atom. The zero-order valence-electron chi connectivity index (χ0n) is 17.0. The number of hydrogen-bond donors (Lipinski definition) is 1. The third-order valence-electron chi connectivity index (χ3n) is 4.76. The van der Waals surface area contributed by atoms with Crippen LogP contribution in [0.1, 0.15) is 27.9 Å². The van der Waals surface area contributed by atoms with Crippen molar-refractivity contribution < 1.29 is 4.79 Å². The van der Waals surface area contributed by atoms with Gasteiger partial charge in [0.25, 0.3) is 5.91 Å². The molecule has 1 amide bonds. The van der Waals surface area contributed by atoms with Crippen molar-refractivity contribution in [2.45, 2.75) is 17.1 Å². The van der Waals surface area contributed by atoms with Crippen molar-refractivity contribution in [1.29, 1.82) is 5.26 Å². The first-order valence-corrected chi connectivity index (χ1v) is 10.9. The number of para-hydroxylation sites is 1. The zero-order chi connectivity index (χ0) is 21.2. The predicted octanol–water partition coefficient (Wildman–Crippen LogP) is 5.11. The summed E-state index contributed by atoms with van der Waals surface area (Å²) in [4.78, 5) is 15.8. The van der Waals surface area contributed by atoms with E-state index in [1.165, 1.54) is 5.69 Å². The van der Waals surface area contributed by atoms with Crippen molar-refractivity contribution in [1.82, 2.24) is 5.32 Å². The summed E-state index contributed by atoms with van der Waals surface area (Å²) in [7, 11) is 2.06. The van der Waals surface area contributed by atoms with Gasteiger partial charge >= 0.3 is 0 Å². The van der Waals surface area contributed by atoms with Crippen molar-refractivity contribution in [3.05, 3.63) is 95.6 Å². The van der Waals surface area contributed by atoms with Crippen LogP contribution in [0.2, 0.25) is 0 Å². The topological polar surface area (TPSA) is 56.1 Å². The minimum Gasteiger partial charge on any atom is -0.375 e. The molecule has 5 heteroatoms. The van der Waals surface area contributed by atoms with E-state index in [0.717, 1.165) is 29.2 Å². The third-order valence-corrected chi connectivity index (χ3v) is 5.91. The molecule has 0 aliphatic rings. The number of amides is 1. The quantitative estimate of drug-likeness (QED) is 0.390. The van der Waals surface area contributed by atoms with Crippen LogP contribution < -0.4 is 10.2 Å². The molecule has 152 valence electrons. The summed E-state index contributed by atoms with van der Waals surface area (Å²) >= 11 is 1.63. The molecule has 0 unspecified atom stereocenters. The summed E-state index contributed by atoms with van der Waals surface area (Å²) in [5.74, 6) is 0.706. The van der Waals surface area contributed by atoms with Crippen LogP contribution in [-0.2, 0) is 5.75 Å². The maximum atomic E-state index is 12.7. The molecule has 1 N–H and O–H groups in total. The monoisotopic (exact) mass is 415 g/mol. The van der Waals surface area contributed by atoms with E-state index in [9.17, 15) is 4.79 Å². The Bertz CT molecular complexity index is 997. The summed E-state index contributed by atoms with van der Waals surface area (Å²) in [5, 5.41) is 12.0. The van der Waals surface area contributed by atoms with Crippen LogP contribution in [0.15, 0.2) is 83.8 Å². The van der Waals surface area contributed by atoms with Crippen molar-refractivity contribution in [3.8, 4) is 6.07 Å². The maximum absolute atomic E-state index is 12.7. The summed E-state index contributed by atoms with van der Waals surface area (Å²) in [6.45, 7) is 1.50. The second-order valence-corrected chi connectivity index (χ2v) is 7.98. The van der Waals surface area contributed by atoms with Gasteiger partial charge in [-0.2, -0.15) is 5.26 Å². The SMILES string of the molecule is CN(CCCNC(=O)c1ccccc1SCc1ccc(C#N)cc1)c1ccccc1. The Labute approximate surface area is 182 Å². The van der Waals surface area contributed by atoms with Gasteiger partial charge in [-0.3, -0.25) is 4.79 Å². The molecule has 0 saturated carbocycles. The first-order chi connectivity index (χ1) is 14.7. The third kappa shape index (κ3) is 6.13. The van der Waals surface area contributed by atoms with Crippen molar-refractivity contribution in [3.63, 3.8) is 0 Å². The highest BCUT2D eigenvalue weighted by molar-refractivity contribution is 7.98. The number of nitriles is 1. The van der Waals surface area contributed by atoms with E-state index in [2.05, 4.69) is 35.5 Å². The van der Waals surface area contributed by atoms with Gasteiger partial charge in [-0.05, 0) is 48.4 Å². The number of rotatable bonds is 9. The largest absolute Gasteiger partial charge is 0.375 e. The van der Waals surface area contributed by atoms with Gasteiger partial charge in [0.1, 0.15) is 0 Å². The highest BCUT2D eigenvalue weighted by atomic mass is 32.2. The van der Waals surface area contributed by atoms with Gasteiger partial charge < -0.3 is 10.2 Å². The van der Waals surface area contributed by atoms with Crippen molar-refractivity contribution in [2.75, 3.05) is 25.0 Å². The first-order valence-electron chi connectivity index (χ1n) is 9.92. The molecule has 3 aromatic carbocycles. The molecule has 0 aromatic heterocycles. The molecular weight excluding hydrogens is 390 g/mol. The average Bonchev–Trinajstić information content (AvgIpc) is 2.81. The highest BCUT2D eigenvalue weighted by Crippen LogP contribution is 2.26. The smallest absolute Gasteiger partial charge is 0.252 e. The minimum absolute atomic E-state index is 0.0414. The zero-order valence-corrected chi connectivity index (χ0v) is 17.9. The maximum Gasteiger partial charge on any atom is 0.252 e. The number of nitrogens with zero attached hydrogens (tertiary/aromatic N) is 2. The standard InChI is InChI=1S/C25H25N3OS/c1-28(22-8-3-2-4-9-22)17-7-16-27-25(29)23-10-5-6-11-24(23)30-19-21-14-12-20(18-26)13-15-21/h2-6,8-15H,7,16-17,19H2,1H3,(H,27,29). The highest BCUT2D eigenvalue weighted by Gasteiger charge is 2.11. The normalized spacial score (nSPS) is 10.3. The van der Waals surface area contributed by atoms with E-state index in [1.54, 1.807) is 11.8 Å². The lowest BCUT2D eigenvalue weighted by molar-refractivity contribution is 0.0950. The molecule has 30 heavy (non-hydrogen) atoms. The summed E-state index contributed by atoms with van der Waals surface area (Å²) < 4.78 is 0. The minimum atomic E-state index is -0.0414. The number of thioether (sulfide) groups is 1. The van der Waals surface area contributed by atoms with Crippen LogP contribution in [0.3, 0.4) is 0 Å². The van der Waals surface area contributed by atoms with Gasteiger partial charge in [0.2, 0.25) is 0 Å².